The molecule has 144 valence electrons. The van der Waals surface area contributed by atoms with E-state index in [1.54, 1.807) is 19.1 Å². The zero-order valence-electron chi connectivity index (χ0n) is 15.8. The van der Waals surface area contributed by atoms with E-state index < -0.39 is 4.92 Å². The minimum absolute atomic E-state index is 0.0423. The van der Waals surface area contributed by atoms with Crippen LogP contribution in [-0.2, 0) is 11.2 Å². The van der Waals surface area contributed by atoms with E-state index in [-0.39, 0.29) is 24.4 Å². The number of aryl methyl sites for hydroxylation is 1. The van der Waals surface area contributed by atoms with Crippen LogP contribution in [0.4, 0.5) is 5.69 Å². The van der Waals surface area contributed by atoms with Crippen molar-refractivity contribution in [3.05, 3.63) is 62.7 Å². The van der Waals surface area contributed by atoms with Crippen molar-refractivity contribution in [1.29, 1.82) is 0 Å². The predicted molar refractivity (Wildman–Crippen MR) is 102 cm³/mol. The van der Waals surface area contributed by atoms with Crippen LogP contribution in [-0.4, -0.2) is 34.4 Å². The molecule has 0 spiro atoms. The Bertz CT molecular complexity index is 1030. The Labute approximate surface area is 161 Å². The topological polar surface area (TPSA) is 94.3 Å². The number of hydrazone groups is 1. The van der Waals surface area contributed by atoms with Gasteiger partial charge in [0, 0.05) is 29.7 Å². The average molecular weight is 381 g/mol. The highest BCUT2D eigenvalue weighted by molar-refractivity contribution is 6.14. The number of amides is 1. The lowest BCUT2D eigenvalue weighted by molar-refractivity contribution is -0.385. The van der Waals surface area contributed by atoms with Gasteiger partial charge in [-0.3, -0.25) is 14.9 Å². The van der Waals surface area contributed by atoms with Crippen LogP contribution in [0.3, 0.4) is 0 Å². The van der Waals surface area contributed by atoms with Crippen molar-refractivity contribution in [1.82, 2.24) is 5.01 Å². The van der Waals surface area contributed by atoms with Crippen LogP contribution >= 0.6 is 0 Å². The van der Waals surface area contributed by atoms with Gasteiger partial charge in [0.05, 0.1) is 16.7 Å². The van der Waals surface area contributed by atoms with Crippen LogP contribution in [0.1, 0.15) is 36.1 Å². The SMILES string of the molecule is CC(=O)N1N=C(c2ccc([N+](=O)[O-])c(C)c2)c2cc3c(cc2C[C@H]1C)OCO3. The van der Waals surface area contributed by atoms with Crippen molar-refractivity contribution in [3.63, 3.8) is 0 Å². The third-order valence-corrected chi connectivity index (χ3v) is 4.98. The van der Waals surface area contributed by atoms with Crippen LogP contribution < -0.4 is 9.47 Å². The van der Waals surface area contributed by atoms with E-state index >= 15 is 0 Å². The molecule has 1 atom stereocenters. The molecule has 0 aromatic heterocycles. The molecule has 2 heterocycles. The Morgan fingerprint density at radius 1 is 1.25 bits per heavy atom. The molecule has 1 amide bonds. The van der Waals surface area contributed by atoms with E-state index in [9.17, 15) is 14.9 Å². The van der Waals surface area contributed by atoms with Crippen molar-refractivity contribution in [2.75, 3.05) is 6.79 Å². The second kappa shape index (κ2) is 6.63. The Hall–Kier alpha value is -3.42. The lowest BCUT2D eigenvalue weighted by Gasteiger charge is -2.21. The minimum atomic E-state index is -0.413. The number of hydrogen-bond acceptors (Lipinski definition) is 6. The number of ether oxygens (including phenoxy) is 2. The maximum absolute atomic E-state index is 12.2. The molecular formula is C20H19N3O5. The summed E-state index contributed by atoms with van der Waals surface area (Å²) in [7, 11) is 0. The van der Waals surface area contributed by atoms with Crippen LogP contribution in [0, 0.1) is 17.0 Å². The maximum Gasteiger partial charge on any atom is 0.272 e. The Balaban J connectivity index is 1.92. The van der Waals surface area contributed by atoms with Gasteiger partial charge in [0.2, 0.25) is 12.7 Å². The molecule has 0 saturated heterocycles. The van der Waals surface area contributed by atoms with Gasteiger partial charge in [-0.2, -0.15) is 5.10 Å². The summed E-state index contributed by atoms with van der Waals surface area (Å²) in [6.45, 7) is 5.26. The lowest BCUT2D eigenvalue weighted by atomic mass is 9.93. The molecule has 0 unspecified atom stereocenters. The highest BCUT2D eigenvalue weighted by Gasteiger charge is 2.29. The summed E-state index contributed by atoms with van der Waals surface area (Å²) in [5.41, 5.74) is 3.65. The highest BCUT2D eigenvalue weighted by atomic mass is 16.7. The van der Waals surface area contributed by atoms with E-state index in [0.717, 1.165) is 11.1 Å². The van der Waals surface area contributed by atoms with Gasteiger partial charge in [-0.1, -0.05) is 0 Å². The number of carbonyl (C=O) groups excluding carboxylic acids is 1. The summed E-state index contributed by atoms with van der Waals surface area (Å²) >= 11 is 0. The van der Waals surface area contributed by atoms with E-state index in [1.165, 1.54) is 18.0 Å². The Kier molecular flexibility index (Phi) is 4.26. The third-order valence-electron chi connectivity index (χ3n) is 4.98. The average Bonchev–Trinajstić information content (AvgIpc) is 3.02. The molecular weight excluding hydrogens is 362 g/mol. The fourth-order valence-electron chi connectivity index (χ4n) is 3.64. The number of nitro groups is 1. The molecule has 4 rings (SSSR count). The second-order valence-electron chi connectivity index (χ2n) is 6.99. The first kappa shape index (κ1) is 18.0. The summed E-state index contributed by atoms with van der Waals surface area (Å²) in [5, 5.41) is 17.3. The van der Waals surface area contributed by atoms with Crippen molar-refractivity contribution >= 4 is 17.3 Å². The van der Waals surface area contributed by atoms with Gasteiger partial charge in [-0.25, -0.2) is 5.01 Å². The van der Waals surface area contributed by atoms with Gasteiger partial charge >= 0.3 is 0 Å². The molecule has 8 nitrogen and oxygen atoms in total. The number of rotatable bonds is 2. The molecule has 2 aliphatic rings. The fraction of sp³-hybridized carbons (Fsp3) is 0.300. The first-order chi connectivity index (χ1) is 13.3. The number of carbonyl (C=O) groups is 1. The van der Waals surface area contributed by atoms with Crippen molar-refractivity contribution in [2.45, 2.75) is 33.2 Å². The maximum atomic E-state index is 12.2. The number of nitrogens with zero attached hydrogens (tertiary/aromatic N) is 3. The largest absolute Gasteiger partial charge is 0.454 e. The molecule has 0 saturated carbocycles. The summed E-state index contributed by atoms with van der Waals surface area (Å²) in [5.74, 6) is 1.12. The summed E-state index contributed by atoms with van der Waals surface area (Å²) < 4.78 is 11.0. The normalized spacial score (nSPS) is 17.6. The van der Waals surface area contributed by atoms with Gasteiger partial charge in [0.15, 0.2) is 11.5 Å². The Morgan fingerprint density at radius 3 is 2.61 bits per heavy atom. The van der Waals surface area contributed by atoms with Crippen molar-refractivity contribution in [2.24, 2.45) is 5.10 Å². The summed E-state index contributed by atoms with van der Waals surface area (Å²) in [6.07, 6.45) is 0.602. The molecule has 0 fully saturated rings. The first-order valence-electron chi connectivity index (χ1n) is 8.92. The summed E-state index contributed by atoms with van der Waals surface area (Å²) in [4.78, 5) is 22.9. The third kappa shape index (κ3) is 2.96. The van der Waals surface area contributed by atoms with Crippen LogP contribution in [0.5, 0.6) is 11.5 Å². The fourth-order valence-corrected chi connectivity index (χ4v) is 3.64. The van der Waals surface area contributed by atoms with Gasteiger partial charge < -0.3 is 9.47 Å². The standard InChI is InChI=1S/C20H19N3O5/c1-11-6-14(4-5-17(11)23(25)26)20-16-9-19-18(27-10-28-19)8-15(16)7-12(2)22(21-20)13(3)24/h4-6,8-9,12H,7,10H2,1-3H3/t12-/m1/s1. The second-order valence-corrected chi connectivity index (χ2v) is 6.99. The quantitative estimate of drug-likeness (QED) is 0.588. The molecule has 2 aromatic carbocycles. The molecule has 28 heavy (non-hydrogen) atoms. The molecule has 0 aliphatic carbocycles. The molecule has 0 bridgehead atoms. The number of benzene rings is 2. The summed E-state index contributed by atoms with van der Waals surface area (Å²) in [6, 6.07) is 8.49. The number of nitro benzene ring substituents is 1. The molecule has 8 heteroatoms. The van der Waals surface area contributed by atoms with Crippen LogP contribution in [0.25, 0.3) is 0 Å². The van der Waals surface area contributed by atoms with Gasteiger partial charge in [0.25, 0.3) is 5.69 Å². The monoisotopic (exact) mass is 381 g/mol. The minimum Gasteiger partial charge on any atom is -0.454 e. The van der Waals surface area contributed by atoms with Crippen LogP contribution in [0.15, 0.2) is 35.4 Å². The lowest BCUT2D eigenvalue weighted by Crippen LogP contribution is -2.33. The molecule has 0 N–H and O–H groups in total. The van der Waals surface area contributed by atoms with E-state index in [2.05, 4.69) is 5.10 Å². The molecule has 0 radical (unpaired) electrons. The van der Waals surface area contributed by atoms with E-state index in [0.29, 0.717) is 34.8 Å². The van der Waals surface area contributed by atoms with Crippen molar-refractivity contribution in [3.8, 4) is 11.5 Å². The van der Waals surface area contributed by atoms with Crippen LogP contribution in [0.2, 0.25) is 0 Å². The van der Waals surface area contributed by atoms with E-state index in [1.807, 2.05) is 19.1 Å². The van der Waals surface area contributed by atoms with Crippen molar-refractivity contribution < 1.29 is 19.2 Å². The molecule has 2 aromatic rings. The molecule has 2 aliphatic heterocycles. The number of hydrogen-bond donors (Lipinski definition) is 0. The Morgan fingerprint density at radius 2 is 1.96 bits per heavy atom. The van der Waals surface area contributed by atoms with Gasteiger partial charge in [-0.05, 0) is 50.1 Å². The number of fused-ring (bicyclic) bond motifs is 2. The predicted octanol–water partition coefficient (Wildman–Crippen LogP) is 3.18. The zero-order chi connectivity index (χ0) is 20.0. The van der Waals surface area contributed by atoms with Gasteiger partial charge in [-0.15, -0.1) is 0 Å². The van der Waals surface area contributed by atoms with Gasteiger partial charge in [0.1, 0.15) is 0 Å². The van der Waals surface area contributed by atoms with E-state index in [4.69, 9.17) is 9.47 Å². The zero-order valence-corrected chi connectivity index (χ0v) is 15.8. The first-order valence-corrected chi connectivity index (χ1v) is 8.92. The smallest absolute Gasteiger partial charge is 0.272 e. The highest BCUT2D eigenvalue weighted by Crippen LogP contribution is 2.38.